The maximum Gasteiger partial charge on any atom is 0.243 e. The number of halogens is 2. The minimum atomic E-state index is -4.19. The summed E-state index contributed by atoms with van der Waals surface area (Å²) in [4.78, 5) is 12.5. The first-order valence-corrected chi connectivity index (χ1v) is 11.2. The predicted octanol–water partition coefficient (Wildman–Crippen LogP) is 3.81. The first kappa shape index (κ1) is 24.1. The lowest BCUT2D eigenvalue weighted by Crippen LogP contribution is -2.37. The fourth-order valence-electron chi connectivity index (χ4n) is 3.08. The first-order valence-electron chi connectivity index (χ1n) is 9.75. The highest BCUT2D eigenvalue weighted by molar-refractivity contribution is 7.89. The zero-order chi connectivity index (χ0) is 24.0. The molecule has 0 unspecified atom stereocenters. The molecular formula is C23H22F2N2O5S. The molecule has 10 heteroatoms. The lowest BCUT2D eigenvalue weighted by molar-refractivity contribution is -0.116. The summed E-state index contributed by atoms with van der Waals surface area (Å²) in [7, 11) is -1.40. The number of hydrogen-bond donors (Lipinski definition) is 1. The second kappa shape index (κ2) is 10.4. The smallest absolute Gasteiger partial charge is 0.243 e. The van der Waals surface area contributed by atoms with Crippen LogP contribution in [0.2, 0.25) is 0 Å². The third kappa shape index (κ3) is 5.85. The van der Waals surface area contributed by atoms with Gasteiger partial charge in [-0.15, -0.1) is 0 Å². The Balaban J connectivity index is 1.93. The molecule has 0 aliphatic heterocycles. The molecule has 3 aromatic carbocycles. The highest BCUT2D eigenvalue weighted by Gasteiger charge is 2.28. The molecule has 174 valence electrons. The van der Waals surface area contributed by atoms with E-state index in [9.17, 15) is 22.0 Å². The summed E-state index contributed by atoms with van der Waals surface area (Å²) in [5.74, 6) is -1.89. The van der Waals surface area contributed by atoms with Crippen LogP contribution in [0.3, 0.4) is 0 Å². The van der Waals surface area contributed by atoms with Gasteiger partial charge in [-0.3, -0.25) is 4.79 Å². The van der Waals surface area contributed by atoms with E-state index in [-0.39, 0.29) is 22.9 Å². The average molecular weight is 477 g/mol. The number of hydrogen-bond acceptors (Lipinski definition) is 5. The standard InChI is InChI=1S/C23H22F2N2O5S/c1-31-21-11-9-18(13-22(21)32-2)33(29,30)27(14-16-6-4-3-5-7-16)15-23(28)26-20-12-17(24)8-10-19(20)25/h3-13H,14-15H2,1-2H3,(H,26,28). The van der Waals surface area contributed by atoms with Crippen LogP contribution in [-0.4, -0.2) is 39.4 Å². The Morgan fingerprint density at radius 1 is 0.939 bits per heavy atom. The molecule has 33 heavy (non-hydrogen) atoms. The van der Waals surface area contributed by atoms with Gasteiger partial charge in [0, 0.05) is 18.7 Å². The monoisotopic (exact) mass is 476 g/mol. The van der Waals surface area contributed by atoms with Gasteiger partial charge >= 0.3 is 0 Å². The van der Waals surface area contributed by atoms with E-state index in [0.29, 0.717) is 11.3 Å². The number of anilines is 1. The van der Waals surface area contributed by atoms with Gasteiger partial charge in [0.15, 0.2) is 11.5 Å². The van der Waals surface area contributed by atoms with Crippen LogP contribution in [0.4, 0.5) is 14.5 Å². The van der Waals surface area contributed by atoms with Crippen molar-refractivity contribution in [3.05, 3.63) is 83.9 Å². The quantitative estimate of drug-likeness (QED) is 0.508. The van der Waals surface area contributed by atoms with Crippen molar-refractivity contribution in [1.82, 2.24) is 4.31 Å². The van der Waals surface area contributed by atoms with E-state index in [1.165, 1.54) is 32.4 Å². The molecule has 0 aromatic heterocycles. The molecule has 0 saturated carbocycles. The van der Waals surface area contributed by atoms with Gasteiger partial charge in [-0.1, -0.05) is 30.3 Å². The third-order valence-electron chi connectivity index (χ3n) is 4.72. The molecule has 3 aromatic rings. The Morgan fingerprint density at radius 2 is 1.64 bits per heavy atom. The summed E-state index contributed by atoms with van der Waals surface area (Å²) in [5, 5.41) is 2.23. The van der Waals surface area contributed by atoms with Crippen molar-refractivity contribution in [2.75, 3.05) is 26.1 Å². The number of benzene rings is 3. The van der Waals surface area contributed by atoms with Gasteiger partial charge < -0.3 is 14.8 Å². The molecule has 0 atom stereocenters. The number of nitrogens with one attached hydrogen (secondary N) is 1. The summed E-state index contributed by atoms with van der Waals surface area (Å²) in [5.41, 5.74) is 0.245. The molecule has 0 aliphatic carbocycles. The summed E-state index contributed by atoms with van der Waals surface area (Å²) < 4.78 is 65.5. The average Bonchev–Trinajstić information content (AvgIpc) is 2.81. The lowest BCUT2D eigenvalue weighted by Gasteiger charge is -2.22. The normalized spacial score (nSPS) is 11.3. The summed E-state index contributed by atoms with van der Waals surface area (Å²) in [6.45, 7) is -0.766. The number of methoxy groups -OCH3 is 2. The van der Waals surface area contributed by atoms with Crippen LogP contribution < -0.4 is 14.8 Å². The van der Waals surface area contributed by atoms with Gasteiger partial charge in [-0.25, -0.2) is 17.2 Å². The first-order chi connectivity index (χ1) is 15.7. The van der Waals surface area contributed by atoms with Gasteiger partial charge in [-0.05, 0) is 29.8 Å². The van der Waals surface area contributed by atoms with Crippen molar-refractivity contribution in [1.29, 1.82) is 0 Å². The van der Waals surface area contributed by atoms with Crippen molar-refractivity contribution >= 4 is 21.6 Å². The van der Waals surface area contributed by atoms with Crippen LogP contribution >= 0.6 is 0 Å². The molecule has 0 fully saturated rings. The summed E-state index contributed by atoms with van der Waals surface area (Å²) in [6, 6.07) is 15.3. The molecule has 1 N–H and O–H groups in total. The summed E-state index contributed by atoms with van der Waals surface area (Å²) in [6.07, 6.45) is 0. The number of nitrogens with zero attached hydrogens (tertiary/aromatic N) is 1. The number of rotatable bonds is 9. The minimum Gasteiger partial charge on any atom is -0.493 e. The Hall–Kier alpha value is -3.50. The molecule has 0 bridgehead atoms. The van der Waals surface area contributed by atoms with Crippen LogP contribution in [-0.2, 0) is 21.4 Å². The zero-order valence-corrected chi connectivity index (χ0v) is 18.7. The fraction of sp³-hybridized carbons (Fsp3) is 0.174. The topological polar surface area (TPSA) is 84.9 Å². The van der Waals surface area contributed by atoms with Crippen molar-refractivity contribution in [3.63, 3.8) is 0 Å². The number of carbonyl (C=O) groups is 1. The molecule has 0 spiro atoms. The molecule has 0 radical (unpaired) electrons. The maximum absolute atomic E-state index is 13.9. The summed E-state index contributed by atoms with van der Waals surface area (Å²) >= 11 is 0. The Labute approximate surface area is 190 Å². The van der Waals surface area contributed by atoms with Crippen LogP contribution in [0.25, 0.3) is 0 Å². The SMILES string of the molecule is COc1ccc(S(=O)(=O)N(CC(=O)Nc2cc(F)ccc2F)Cc2ccccc2)cc1OC. The Morgan fingerprint density at radius 3 is 2.30 bits per heavy atom. The third-order valence-corrected chi connectivity index (χ3v) is 6.50. The Kier molecular flexibility index (Phi) is 7.62. The van der Waals surface area contributed by atoms with Gasteiger partial charge in [0.2, 0.25) is 15.9 Å². The van der Waals surface area contributed by atoms with E-state index in [2.05, 4.69) is 5.32 Å². The number of carbonyl (C=O) groups excluding carboxylic acids is 1. The molecule has 0 saturated heterocycles. The molecular weight excluding hydrogens is 454 g/mol. The van der Waals surface area contributed by atoms with Gasteiger partial charge in [0.25, 0.3) is 0 Å². The Bertz CT molecular complexity index is 1240. The van der Waals surface area contributed by atoms with Gasteiger partial charge in [0.05, 0.1) is 31.3 Å². The van der Waals surface area contributed by atoms with E-state index in [1.807, 2.05) is 0 Å². The van der Waals surface area contributed by atoms with Crippen LogP contribution in [0.5, 0.6) is 11.5 Å². The lowest BCUT2D eigenvalue weighted by atomic mass is 10.2. The van der Waals surface area contributed by atoms with Gasteiger partial charge in [0.1, 0.15) is 11.6 Å². The molecule has 3 rings (SSSR count). The van der Waals surface area contributed by atoms with Crippen molar-refractivity contribution < 1.29 is 31.5 Å². The minimum absolute atomic E-state index is 0.124. The van der Waals surface area contributed by atoms with E-state index in [1.54, 1.807) is 30.3 Å². The van der Waals surface area contributed by atoms with Gasteiger partial charge in [-0.2, -0.15) is 4.31 Å². The van der Waals surface area contributed by atoms with E-state index in [4.69, 9.17) is 9.47 Å². The fourth-order valence-corrected chi connectivity index (χ4v) is 4.48. The van der Waals surface area contributed by atoms with E-state index in [0.717, 1.165) is 22.5 Å². The number of amides is 1. The van der Waals surface area contributed by atoms with Crippen LogP contribution in [0.15, 0.2) is 71.6 Å². The number of sulfonamides is 1. The highest BCUT2D eigenvalue weighted by Crippen LogP contribution is 2.31. The van der Waals surface area contributed by atoms with Crippen molar-refractivity contribution in [3.8, 4) is 11.5 Å². The molecule has 0 aliphatic rings. The van der Waals surface area contributed by atoms with Crippen molar-refractivity contribution in [2.45, 2.75) is 11.4 Å². The van der Waals surface area contributed by atoms with Crippen LogP contribution in [0, 0.1) is 11.6 Å². The van der Waals surface area contributed by atoms with E-state index >= 15 is 0 Å². The molecule has 1 amide bonds. The second-order valence-corrected chi connectivity index (χ2v) is 8.89. The highest BCUT2D eigenvalue weighted by atomic mass is 32.2. The van der Waals surface area contributed by atoms with Crippen molar-refractivity contribution in [2.24, 2.45) is 0 Å². The van der Waals surface area contributed by atoms with E-state index < -0.39 is 34.1 Å². The zero-order valence-electron chi connectivity index (χ0n) is 17.9. The predicted molar refractivity (Wildman–Crippen MR) is 119 cm³/mol. The molecule has 0 heterocycles. The van der Waals surface area contributed by atoms with Crippen LogP contribution in [0.1, 0.15) is 5.56 Å². The largest absolute Gasteiger partial charge is 0.493 e. The maximum atomic E-state index is 13.9. The second-order valence-electron chi connectivity index (χ2n) is 6.95. The number of ether oxygens (including phenoxy) is 2. The molecule has 7 nitrogen and oxygen atoms in total.